The van der Waals surface area contributed by atoms with E-state index in [-0.39, 0.29) is 0 Å². The lowest BCUT2D eigenvalue weighted by Crippen LogP contribution is -1.99. The molecule has 4 aromatic rings. The number of aromatic nitrogens is 2. The maximum atomic E-state index is 9.78. The third kappa shape index (κ3) is 4.68. The standard InChI is InChI=1S/C26H22BrN3O2/c1-16-5-4-6-18(9-16)15-32-25-13-21(27)19(12-24(25)31-3)11-20(14-28)26-29-22-8-7-17(2)10-23(22)30-26/h4-13H,15H2,1-3H3,(H,29,30)/b20-11-. The summed E-state index contributed by atoms with van der Waals surface area (Å²) >= 11 is 3.60. The number of hydrogen-bond acceptors (Lipinski definition) is 4. The third-order valence-corrected chi connectivity index (χ3v) is 5.76. The molecule has 4 rings (SSSR count). The molecule has 0 spiro atoms. The molecule has 0 bridgehead atoms. The Morgan fingerprint density at radius 3 is 2.66 bits per heavy atom. The number of fused-ring (bicyclic) bond motifs is 1. The monoisotopic (exact) mass is 487 g/mol. The van der Waals surface area contributed by atoms with E-state index in [4.69, 9.17) is 9.47 Å². The fourth-order valence-corrected chi connectivity index (χ4v) is 3.89. The Balaban J connectivity index is 1.64. The highest BCUT2D eigenvalue weighted by Gasteiger charge is 2.13. The number of H-pyrrole nitrogens is 1. The highest BCUT2D eigenvalue weighted by Crippen LogP contribution is 2.36. The van der Waals surface area contributed by atoms with Gasteiger partial charge in [-0.05, 0) is 60.9 Å². The smallest absolute Gasteiger partial charge is 0.162 e. The molecule has 32 heavy (non-hydrogen) atoms. The van der Waals surface area contributed by atoms with Gasteiger partial charge >= 0.3 is 0 Å². The van der Waals surface area contributed by atoms with Crippen LogP contribution in [0.2, 0.25) is 0 Å². The molecule has 0 fully saturated rings. The summed E-state index contributed by atoms with van der Waals surface area (Å²) in [7, 11) is 1.60. The minimum atomic E-state index is 0.426. The summed E-state index contributed by atoms with van der Waals surface area (Å²) in [6, 6.07) is 20.1. The zero-order valence-electron chi connectivity index (χ0n) is 18.1. The van der Waals surface area contributed by atoms with Crippen molar-refractivity contribution in [1.29, 1.82) is 5.26 Å². The van der Waals surface area contributed by atoms with Gasteiger partial charge in [-0.25, -0.2) is 4.98 Å². The zero-order valence-corrected chi connectivity index (χ0v) is 19.7. The molecule has 0 saturated heterocycles. The lowest BCUT2D eigenvalue weighted by molar-refractivity contribution is 0.284. The van der Waals surface area contributed by atoms with Crippen LogP contribution in [0.25, 0.3) is 22.7 Å². The number of nitriles is 1. The van der Waals surface area contributed by atoms with Gasteiger partial charge < -0.3 is 14.5 Å². The highest BCUT2D eigenvalue weighted by molar-refractivity contribution is 9.10. The van der Waals surface area contributed by atoms with Crippen LogP contribution in [0.1, 0.15) is 28.1 Å². The maximum Gasteiger partial charge on any atom is 0.162 e. The normalized spacial score (nSPS) is 11.4. The van der Waals surface area contributed by atoms with Gasteiger partial charge in [0.2, 0.25) is 0 Å². The van der Waals surface area contributed by atoms with Crippen LogP contribution in [0, 0.1) is 25.2 Å². The van der Waals surface area contributed by atoms with Gasteiger partial charge in [-0.15, -0.1) is 0 Å². The minimum Gasteiger partial charge on any atom is -0.493 e. The molecule has 0 aliphatic carbocycles. The molecule has 1 heterocycles. The van der Waals surface area contributed by atoms with Crippen LogP contribution >= 0.6 is 15.9 Å². The number of aromatic amines is 1. The Labute approximate surface area is 195 Å². The Kier molecular flexibility index (Phi) is 6.29. The second-order valence-corrected chi connectivity index (χ2v) is 8.43. The van der Waals surface area contributed by atoms with E-state index in [1.54, 1.807) is 13.2 Å². The van der Waals surface area contributed by atoms with E-state index in [2.05, 4.69) is 51.0 Å². The van der Waals surface area contributed by atoms with Crippen molar-refractivity contribution >= 4 is 38.6 Å². The molecule has 0 saturated carbocycles. The number of ether oxygens (including phenoxy) is 2. The molecule has 1 N–H and O–H groups in total. The van der Waals surface area contributed by atoms with E-state index in [0.29, 0.717) is 29.5 Å². The molecule has 0 radical (unpaired) electrons. The van der Waals surface area contributed by atoms with Crippen molar-refractivity contribution in [3.63, 3.8) is 0 Å². The molecular weight excluding hydrogens is 466 g/mol. The second-order valence-electron chi connectivity index (χ2n) is 7.58. The quantitative estimate of drug-likeness (QED) is 0.311. The molecule has 0 unspecified atom stereocenters. The van der Waals surface area contributed by atoms with Crippen molar-refractivity contribution in [2.75, 3.05) is 7.11 Å². The molecule has 0 amide bonds. The lowest BCUT2D eigenvalue weighted by Gasteiger charge is -2.13. The Bertz CT molecular complexity index is 1370. The number of nitrogens with one attached hydrogen (secondary N) is 1. The van der Waals surface area contributed by atoms with Crippen molar-refractivity contribution in [2.24, 2.45) is 0 Å². The van der Waals surface area contributed by atoms with E-state index >= 15 is 0 Å². The molecule has 0 aliphatic heterocycles. The first-order valence-corrected chi connectivity index (χ1v) is 10.9. The first-order valence-electron chi connectivity index (χ1n) is 10.1. The van der Waals surface area contributed by atoms with Crippen LogP contribution < -0.4 is 9.47 Å². The molecular formula is C26H22BrN3O2. The van der Waals surface area contributed by atoms with Crippen molar-refractivity contribution in [1.82, 2.24) is 9.97 Å². The van der Waals surface area contributed by atoms with Gasteiger partial charge in [-0.1, -0.05) is 51.8 Å². The van der Waals surface area contributed by atoms with Gasteiger partial charge in [-0.3, -0.25) is 0 Å². The third-order valence-electron chi connectivity index (χ3n) is 5.07. The Morgan fingerprint density at radius 1 is 1.09 bits per heavy atom. The molecule has 5 nitrogen and oxygen atoms in total. The number of rotatable bonds is 6. The van der Waals surface area contributed by atoms with E-state index in [1.807, 2.05) is 49.4 Å². The van der Waals surface area contributed by atoms with E-state index in [9.17, 15) is 5.26 Å². The molecule has 160 valence electrons. The number of halogens is 1. The van der Waals surface area contributed by atoms with Gasteiger partial charge in [-0.2, -0.15) is 5.26 Å². The van der Waals surface area contributed by atoms with Crippen LogP contribution in [-0.2, 0) is 6.61 Å². The number of nitrogens with zero attached hydrogens (tertiary/aromatic N) is 2. The van der Waals surface area contributed by atoms with Gasteiger partial charge in [0.15, 0.2) is 11.5 Å². The zero-order chi connectivity index (χ0) is 22.7. The van der Waals surface area contributed by atoms with Crippen LogP contribution in [0.4, 0.5) is 0 Å². The van der Waals surface area contributed by atoms with Crippen molar-refractivity contribution in [3.05, 3.63) is 87.1 Å². The number of allylic oxidation sites excluding steroid dienone is 1. The first-order chi connectivity index (χ1) is 15.5. The van der Waals surface area contributed by atoms with Crippen molar-refractivity contribution in [3.8, 4) is 17.6 Å². The number of benzene rings is 3. The van der Waals surface area contributed by atoms with Gasteiger partial charge in [0.05, 0.1) is 23.7 Å². The van der Waals surface area contributed by atoms with Crippen LogP contribution in [0.3, 0.4) is 0 Å². The summed E-state index contributed by atoms with van der Waals surface area (Å²) in [5, 5.41) is 9.78. The highest BCUT2D eigenvalue weighted by atomic mass is 79.9. The van der Waals surface area contributed by atoms with Crippen molar-refractivity contribution in [2.45, 2.75) is 20.5 Å². The predicted octanol–water partition coefficient (Wildman–Crippen LogP) is 6.59. The number of aryl methyl sites for hydroxylation is 2. The second kappa shape index (κ2) is 9.29. The number of hydrogen-bond donors (Lipinski definition) is 1. The van der Waals surface area contributed by atoms with Crippen LogP contribution in [-0.4, -0.2) is 17.1 Å². The lowest BCUT2D eigenvalue weighted by atomic mass is 10.1. The Hall–Kier alpha value is -3.56. The maximum absolute atomic E-state index is 9.78. The average molecular weight is 488 g/mol. The average Bonchev–Trinajstić information content (AvgIpc) is 3.20. The minimum absolute atomic E-state index is 0.426. The summed E-state index contributed by atoms with van der Waals surface area (Å²) in [6.07, 6.45) is 1.78. The molecule has 1 aromatic heterocycles. The van der Waals surface area contributed by atoms with E-state index < -0.39 is 0 Å². The summed E-state index contributed by atoms with van der Waals surface area (Å²) in [4.78, 5) is 7.80. The summed E-state index contributed by atoms with van der Waals surface area (Å²) in [5.74, 6) is 1.74. The fourth-order valence-electron chi connectivity index (χ4n) is 3.46. The van der Waals surface area contributed by atoms with Gasteiger partial charge in [0.25, 0.3) is 0 Å². The van der Waals surface area contributed by atoms with Gasteiger partial charge in [0, 0.05) is 4.47 Å². The SMILES string of the molecule is COc1cc(/C=C(/C#N)c2nc3ccc(C)cc3[nH]2)c(Br)cc1OCc1cccc(C)c1. The van der Waals surface area contributed by atoms with E-state index in [0.717, 1.165) is 32.2 Å². The number of methoxy groups -OCH3 is 1. The molecule has 0 atom stereocenters. The summed E-state index contributed by atoms with van der Waals surface area (Å²) in [5.41, 5.74) is 6.33. The summed E-state index contributed by atoms with van der Waals surface area (Å²) < 4.78 is 12.4. The van der Waals surface area contributed by atoms with Crippen LogP contribution in [0.15, 0.2) is 59.1 Å². The topological polar surface area (TPSA) is 70.9 Å². The summed E-state index contributed by atoms with van der Waals surface area (Å²) in [6.45, 7) is 4.51. The largest absolute Gasteiger partial charge is 0.493 e. The molecule has 0 aliphatic rings. The van der Waals surface area contributed by atoms with Crippen molar-refractivity contribution < 1.29 is 9.47 Å². The Morgan fingerprint density at radius 2 is 1.91 bits per heavy atom. The predicted molar refractivity (Wildman–Crippen MR) is 131 cm³/mol. The fraction of sp³-hybridized carbons (Fsp3) is 0.154. The molecule has 6 heteroatoms. The van der Waals surface area contributed by atoms with Crippen LogP contribution in [0.5, 0.6) is 11.5 Å². The first kappa shape index (κ1) is 21.7. The molecule has 3 aromatic carbocycles. The van der Waals surface area contributed by atoms with E-state index in [1.165, 1.54) is 5.56 Å². The van der Waals surface area contributed by atoms with Gasteiger partial charge in [0.1, 0.15) is 18.5 Å². The number of imidazole rings is 1.